The first-order valence-electron chi connectivity index (χ1n) is 9.46. The number of nitro groups is 1. The number of furan rings is 1. The van der Waals surface area contributed by atoms with Gasteiger partial charge in [0.25, 0.3) is 5.69 Å². The lowest BCUT2D eigenvalue weighted by molar-refractivity contribution is -0.384. The summed E-state index contributed by atoms with van der Waals surface area (Å²) in [7, 11) is 0. The predicted octanol–water partition coefficient (Wildman–Crippen LogP) is 5.82. The molecule has 0 saturated carbocycles. The molecule has 2 aromatic carbocycles. The molecule has 0 aliphatic heterocycles. The fourth-order valence-electron chi connectivity index (χ4n) is 2.97. The van der Waals surface area contributed by atoms with Gasteiger partial charge in [0, 0.05) is 22.7 Å². The highest BCUT2D eigenvalue weighted by Crippen LogP contribution is 2.34. The zero-order valence-electron chi connectivity index (χ0n) is 17.0. The number of aryl methyl sites for hydroxylation is 1. The fourth-order valence-corrected chi connectivity index (χ4v) is 3.78. The van der Waals surface area contributed by atoms with Gasteiger partial charge in [0.15, 0.2) is 5.82 Å². The first-order chi connectivity index (χ1) is 15.8. The quantitative estimate of drug-likeness (QED) is 0.145. The number of carbonyl (C=O) groups is 1. The molecule has 0 amide bonds. The second-order valence-electron chi connectivity index (χ2n) is 6.87. The van der Waals surface area contributed by atoms with Crippen molar-refractivity contribution in [3.63, 3.8) is 0 Å². The van der Waals surface area contributed by atoms with E-state index in [2.05, 4.69) is 15.2 Å². The van der Waals surface area contributed by atoms with Crippen LogP contribution in [0.3, 0.4) is 0 Å². The topological polar surface area (TPSA) is 135 Å². The molecule has 4 aromatic rings. The van der Waals surface area contributed by atoms with Gasteiger partial charge in [0.1, 0.15) is 16.4 Å². The minimum absolute atomic E-state index is 0.0871. The summed E-state index contributed by atoms with van der Waals surface area (Å²) < 4.78 is 5.69. The fraction of sp³-hybridized carbons (Fsp3) is 0.0455. The Balaban J connectivity index is 1.59. The van der Waals surface area contributed by atoms with Gasteiger partial charge < -0.3 is 9.52 Å². The average molecular weight is 483 g/mol. The summed E-state index contributed by atoms with van der Waals surface area (Å²) in [6.45, 7) is 1.75. The Bertz CT molecular complexity index is 1380. The van der Waals surface area contributed by atoms with Crippen LogP contribution in [0.15, 0.2) is 69.1 Å². The zero-order valence-corrected chi connectivity index (χ0v) is 18.6. The molecule has 2 heterocycles. The zero-order chi connectivity index (χ0) is 23.5. The van der Waals surface area contributed by atoms with Crippen molar-refractivity contribution in [3.8, 4) is 22.7 Å². The Morgan fingerprint density at radius 1 is 1.21 bits per heavy atom. The molecule has 11 heteroatoms. The maximum Gasteiger partial charge on any atom is 0.342 e. The van der Waals surface area contributed by atoms with Crippen LogP contribution in [-0.4, -0.2) is 31.2 Å². The summed E-state index contributed by atoms with van der Waals surface area (Å²) in [4.78, 5) is 26.9. The van der Waals surface area contributed by atoms with Gasteiger partial charge in [-0.05, 0) is 66.7 Å². The third-order valence-electron chi connectivity index (χ3n) is 4.51. The van der Waals surface area contributed by atoms with Gasteiger partial charge in [0.2, 0.25) is 5.16 Å². The maximum absolute atomic E-state index is 11.8. The van der Waals surface area contributed by atoms with Crippen LogP contribution < -0.4 is 0 Å². The Hall–Kier alpha value is -3.89. The van der Waals surface area contributed by atoms with Gasteiger partial charge in [-0.1, -0.05) is 17.7 Å². The van der Waals surface area contributed by atoms with Crippen molar-refractivity contribution in [2.75, 3.05) is 0 Å². The molecule has 2 aromatic heterocycles. The van der Waals surface area contributed by atoms with E-state index in [-0.39, 0.29) is 27.3 Å². The summed E-state index contributed by atoms with van der Waals surface area (Å²) in [6.07, 6.45) is 1.31. The van der Waals surface area contributed by atoms with Crippen molar-refractivity contribution in [2.45, 2.75) is 12.1 Å². The summed E-state index contributed by atoms with van der Waals surface area (Å²) >= 11 is 6.73. The molecule has 33 heavy (non-hydrogen) atoms. The van der Waals surface area contributed by atoms with E-state index in [1.165, 1.54) is 12.1 Å². The van der Waals surface area contributed by atoms with Gasteiger partial charge in [-0.15, -0.1) is 5.10 Å². The predicted molar refractivity (Wildman–Crippen MR) is 124 cm³/mol. The molecule has 0 aliphatic carbocycles. The Morgan fingerprint density at radius 2 is 1.97 bits per heavy atom. The molecule has 0 saturated heterocycles. The van der Waals surface area contributed by atoms with Crippen LogP contribution in [0.1, 0.15) is 11.3 Å². The summed E-state index contributed by atoms with van der Waals surface area (Å²) in [6, 6.07) is 14.8. The number of nitro benzene ring substituents is 1. The minimum Gasteiger partial charge on any atom is -0.477 e. The number of benzene rings is 2. The van der Waals surface area contributed by atoms with Gasteiger partial charge in [-0.3, -0.25) is 15.2 Å². The smallest absolute Gasteiger partial charge is 0.342 e. The number of nitrogens with zero attached hydrogens (tertiary/aromatic N) is 3. The molecule has 0 radical (unpaired) electrons. The Labute approximate surface area is 196 Å². The summed E-state index contributed by atoms with van der Waals surface area (Å²) in [5.41, 5.74) is 1.70. The van der Waals surface area contributed by atoms with E-state index in [9.17, 15) is 20.0 Å². The van der Waals surface area contributed by atoms with Crippen molar-refractivity contribution in [1.29, 1.82) is 0 Å². The third-order valence-corrected chi connectivity index (χ3v) is 5.64. The van der Waals surface area contributed by atoms with Crippen LogP contribution in [0.4, 0.5) is 5.69 Å². The maximum atomic E-state index is 11.8. The van der Waals surface area contributed by atoms with Crippen molar-refractivity contribution < 1.29 is 19.2 Å². The van der Waals surface area contributed by atoms with E-state index < -0.39 is 10.9 Å². The SMILES string of the molecule is Cc1ccc(-c2ccc(/C=C(\Sc3n[nH]c(-c4ccc(Cl)cc4)n3)C(=O)O)o2)c([N+](=O)[O-])c1. The molecule has 4 rings (SSSR count). The molecule has 0 spiro atoms. The van der Waals surface area contributed by atoms with Crippen molar-refractivity contribution in [3.05, 3.63) is 86.0 Å². The minimum atomic E-state index is -1.20. The number of H-pyrrole nitrogens is 1. The number of aromatic amines is 1. The number of nitrogens with one attached hydrogen (secondary N) is 1. The molecule has 0 unspecified atom stereocenters. The van der Waals surface area contributed by atoms with Gasteiger partial charge in [0.05, 0.1) is 10.5 Å². The highest BCUT2D eigenvalue weighted by atomic mass is 35.5. The van der Waals surface area contributed by atoms with E-state index in [0.717, 1.165) is 22.9 Å². The Morgan fingerprint density at radius 3 is 2.67 bits per heavy atom. The number of aromatic nitrogens is 3. The van der Waals surface area contributed by atoms with Crippen LogP contribution in [0.25, 0.3) is 28.8 Å². The first kappa shape index (κ1) is 22.3. The molecule has 0 bridgehead atoms. The lowest BCUT2D eigenvalue weighted by Gasteiger charge is -2.01. The standard InChI is InChI=1S/C22H15ClN4O5S/c1-12-2-8-16(17(10-12)27(30)31)18-9-7-15(32-18)11-19(21(28)29)33-22-24-20(25-26-22)13-3-5-14(23)6-4-13/h2-11H,1H3,(H,28,29)(H,24,25,26)/b19-11-. The summed E-state index contributed by atoms with van der Waals surface area (Å²) in [5.74, 6) is -0.258. The highest BCUT2D eigenvalue weighted by molar-refractivity contribution is 8.04. The largest absolute Gasteiger partial charge is 0.477 e. The second-order valence-corrected chi connectivity index (χ2v) is 8.31. The van der Waals surface area contributed by atoms with Crippen LogP contribution in [0, 0.1) is 17.0 Å². The normalized spacial score (nSPS) is 11.5. The number of halogens is 1. The third kappa shape index (κ3) is 5.13. The molecule has 9 nitrogen and oxygen atoms in total. The molecule has 0 atom stereocenters. The lowest BCUT2D eigenvalue weighted by Crippen LogP contribution is -1.97. The van der Waals surface area contributed by atoms with Crippen molar-refractivity contribution in [2.24, 2.45) is 0 Å². The number of thioether (sulfide) groups is 1. The Kier molecular flexibility index (Phi) is 6.29. The second kappa shape index (κ2) is 9.31. The number of carboxylic acid groups (broad SMARTS) is 1. The van der Waals surface area contributed by atoms with E-state index in [1.54, 1.807) is 55.5 Å². The molecule has 0 fully saturated rings. The highest BCUT2D eigenvalue weighted by Gasteiger charge is 2.19. The number of rotatable bonds is 7. The molecule has 2 N–H and O–H groups in total. The van der Waals surface area contributed by atoms with E-state index in [1.807, 2.05) is 0 Å². The molecule has 166 valence electrons. The van der Waals surface area contributed by atoms with Crippen LogP contribution in [0.2, 0.25) is 5.02 Å². The van der Waals surface area contributed by atoms with E-state index in [4.69, 9.17) is 16.0 Å². The van der Waals surface area contributed by atoms with Gasteiger partial charge in [-0.2, -0.15) is 0 Å². The van der Waals surface area contributed by atoms with Crippen LogP contribution in [-0.2, 0) is 4.79 Å². The lowest BCUT2D eigenvalue weighted by atomic mass is 10.1. The average Bonchev–Trinajstić information content (AvgIpc) is 3.43. The van der Waals surface area contributed by atoms with Crippen molar-refractivity contribution in [1.82, 2.24) is 15.2 Å². The van der Waals surface area contributed by atoms with E-state index in [0.29, 0.717) is 16.4 Å². The monoisotopic (exact) mass is 482 g/mol. The molecule has 0 aliphatic rings. The van der Waals surface area contributed by atoms with Crippen molar-refractivity contribution >= 4 is 41.1 Å². The molecular weight excluding hydrogens is 468 g/mol. The van der Waals surface area contributed by atoms with Crippen LogP contribution >= 0.6 is 23.4 Å². The number of aliphatic carboxylic acids is 1. The number of hydrogen-bond acceptors (Lipinski definition) is 7. The first-order valence-corrected chi connectivity index (χ1v) is 10.7. The summed E-state index contributed by atoms with van der Waals surface area (Å²) in [5, 5.41) is 28.6. The molecular formula is C22H15ClN4O5S. The van der Waals surface area contributed by atoms with Gasteiger partial charge in [-0.25, -0.2) is 9.78 Å². The van der Waals surface area contributed by atoms with E-state index >= 15 is 0 Å². The number of carboxylic acids is 1. The van der Waals surface area contributed by atoms with Crippen LogP contribution in [0.5, 0.6) is 0 Å². The van der Waals surface area contributed by atoms with Gasteiger partial charge >= 0.3 is 5.97 Å². The number of hydrogen-bond donors (Lipinski definition) is 2.